The van der Waals surface area contributed by atoms with Gasteiger partial charge in [0.1, 0.15) is 6.33 Å². The van der Waals surface area contributed by atoms with Gasteiger partial charge in [0, 0.05) is 12.2 Å². The summed E-state index contributed by atoms with van der Waals surface area (Å²) in [5, 5.41) is 17.7. The van der Waals surface area contributed by atoms with E-state index in [1.165, 1.54) is 24.7 Å². The summed E-state index contributed by atoms with van der Waals surface area (Å²) in [6, 6.07) is 6.45. The largest absolute Gasteiger partial charge is 0.462 e. The zero-order valence-electron chi connectivity index (χ0n) is 16.9. The molecule has 0 unspecified atom stereocenters. The first kappa shape index (κ1) is 21.2. The molecule has 0 spiro atoms. The Balaban J connectivity index is 1.71. The van der Waals surface area contributed by atoms with E-state index >= 15 is 0 Å². The average Bonchev–Trinajstić information content (AvgIpc) is 2.75. The number of carbonyl (C=O) groups is 1. The monoisotopic (exact) mass is 411 g/mol. The predicted octanol–water partition coefficient (Wildman–Crippen LogP) is 4.61. The molecule has 0 bridgehead atoms. The Morgan fingerprint density at radius 3 is 2.63 bits per heavy atom. The van der Waals surface area contributed by atoms with Gasteiger partial charge in [-0.2, -0.15) is 0 Å². The van der Waals surface area contributed by atoms with E-state index in [0.717, 1.165) is 19.3 Å². The fourth-order valence-corrected chi connectivity index (χ4v) is 3.29. The van der Waals surface area contributed by atoms with Gasteiger partial charge >= 0.3 is 11.7 Å². The highest BCUT2D eigenvalue weighted by Gasteiger charge is 2.23. The Morgan fingerprint density at radius 1 is 1.20 bits per heavy atom. The van der Waals surface area contributed by atoms with Gasteiger partial charge in [0.05, 0.1) is 17.1 Å². The Kier molecular flexibility index (Phi) is 7.31. The number of rotatable bonds is 9. The molecule has 1 aliphatic rings. The van der Waals surface area contributed by atoms with Crippen LogP contribution < -0.4 is 10.6 Å². The first-order chi connectivity index (χ1) is 14.6. The first-order valence-corrected chi connectivity index (χ1v) is 10.0. The number of hydrogen-bond donors (Lipinski definition) is 2. The summed E-state index contributed by atoms with van der Waals surface area (Å²) in [5.74, 6) is -0.160. The van der Waals surface area contributed by atoms with Crippen LogP contribution in [0.4, 0.5) is 23.0 Å². The second-order valence-electron chi connectivity index (χ2n) is 6.88. The minimum atomic E-state index is -0.502. The van der Waals surface area contributed by atoms with Crippen LogP contribution in [0, 0.1) is 10.1 Å². The molecule has 2 N–H and O–H groups in total. The molecule has 3 rings (SSSR count). The lowest BCUT2D eigenvalue weighted by molar-refractivity contribution is -0.383. The number of hydrogen-bond acceptors (Lipinski definition) is 8. The molecular formula is C21H25N5O4. The van der Waals surface area contributed by atoms with Crippen molar-refractivity contribution < 1.29 is 14.5 Å². The standard InChI is InChI=1S/C21H25N5O4/c1-2-30-21(27)16-8-10-17(11-9-16)25-20-18(26(28)29)19(23-14-24-20)22-13-12-15-6-4-3-5-7-15/h6,8-11,14H,2-5,7,12-13H2,1H3,(H2,22,23,24,25). The average molecular weight is 411 g/mol. The lowest BCUT2D eigenvalue weighted by atomic mass is 9.97. The zero-order chi connectivity index (χ0) is 21.3. The summed E-state index contributed by atoms with van der Waals surface area (Å²) in [6.45, 7) is 2.59. The topological polar surface area (TPSA) is 119 Å². The second-order valence-corrected chi connectivity index (χ2v) is 6.88. The summed E-state index contributed by atoms with van der Waals surface area (Å²) in [7, 11) is 0. The van der Waals surface area contributed by atoms with E-state index in [9.17, 15) is 14.9 Å². The van der Waals surface area contributed by atoms with Crippen LogP contribution in [-0.2, 0) is 4.74 Å². The number of anilines is 3. The summed E-state index contributed by atoms with van der Waals surface area (Å²) >= 11 is 0. The number of ether oxygens (including phenoxy) is 1. The van der Waals surface area contributed by atoms with Gasteiger partial charge in [-0.05, 0) is 63.3 Å². The van der Waals surface area contributed by atoms with Crippen molar-refractivity contribution in [2.75, 3.05) is 23.8 Å². The van der Waals surface area contributed by atoms with Crippen LogP contribution in [0.15, 0.2) is 42.2 Å². The molecular weight excluding hydrogens is 386 g/mol. The van der Waals surface area contributed by atoms with Gasteiger partial charge in [-0.1, -0.05) is 11.6 Å². The van der Waals surface area contributed by atoms with E-state index in [4.69, 9.17) is 4.74 Å². The highest BCUT2D eigenvalue weighted by atomic mass is 16.6. The minimum Gasteiger partial charge on any atom is -0.462 e. The Bertz CT molecular complexity index is 927. The van der Waals surface area contributed by atoms with Gasteiger partial charge in [-0.3, -0.25) is 10.1 Å². The molecule has 9 heteroatoms. The molecule has 0 saturated carbocycles. The molecule has 1 aliphatic carbocycles. The molecule has 0 saturated heterocycles. The maximum Gasteiger partial charge on any atom is 0.353 e. The van der Waals surface area contributed by atoms with Gasteiger partial charge in [0.25, 0.3) is 0 Å². The molecule has 1 aromatic heterocycles. The summed E-state index contributed by atoms with van der Waals surface area (Å²) in [5.41, 5.74) is 2.12. The SMILES string of the molecule is CCOC(=O)c1ccc(Nc2ncnc(NCCC3=CCCCC3)c2[N+](=O)[O-])cc1. The van der Waals surface area contributed by atoms with Crippen LogP contribution in [0.2, 0.25) is 0 Å². The van der Waals surface area contributed by atoms with Crippen molar-refractivity contribution in [3.63, 3.8) is 0 Å². The molecule has 0 amide bonds. The predicted molar refractivity (Wildman–Crippen MR) is 114 cm³/mol. The van der Waals surface area contributed by atoms with Crippen LogP contribution >= 0.6 is 0 Å². The lowest BCUT2D eigenvalue weighted by Gasteiger charge is -2.14. The number of nitro groups is 1. The van der Waals surface area contributed by atoms with Crippen molar-refractivity contribution in [2.45, 2.75) is 39.0 Å². The quantitative estimate of drug-likeness (QED) is 0.266. The molecule has 0 aliphatic heterocycles. The molecule has 0 fully saturated rings. The van der Waals surface area contributed by atoms with E-state index in [1.807, 2.05) is 0 Å². The zero-order valence-corrected chi connectivity index (χ0v) is 16.9. The maximum atomic E-state index is 11.8. The van der Waals surface area contributed by atoms with Crippen molar-refractivity contribution in [3.05, 3.63) is 57.9 Å². The van der Waals surface area contributed by atoms with Crippen LogP contribution in [0.3, 0.4) is 0 Å². The number of nitrogens with zero attached hydrogens (tertiary/aromatic N) is 3. The molecule has 2 aromatic rings. The van der Waals surface area contributed by atoms with Crippen molar-refractivity contribution in [2.24, 2.45) is 0 Å². The normalized spacial score (nSPS) is 13.3. The van der Waals surface area contributed by atoms with Crippen LogP contribution in [0.5, 0.6) is 0 Å². The molecule has 158 valence electrons. The van der Waals surface area contributed by atoms with Crippen molar-refractivity contribution in [1.82, 2.24) is 9.97 Å². The Morgan fingerprint density at radius 2 is 1.97 bits per heavy atom. The van der Waals surface area contributed by atoms with Crippen LogP contribution in [-0.4, -0.2) is 34.0 Å². The maximum absolute atomic E-state index is 11.8. The van der Waals surface area contributed by atoms with Crippen LogP contribution in [0.1, 0.15) is 49.4 Å². The van der Waals surface area contributed by atoms with E-state index in [1.54, 1.807) is 31.2 Å². The minimum absolute atomic E-state index is 0.0817. The molecule has 30 heavy (non-hydrogen) atoms. The molecule has 9 nitrogen and oxygen atoms in total. The van der Waals surface area contributed by atoms with Gasteiger partial charge < -0.3 is 15.4 Å². The fraction of sp³-hybridized carbons (Fsp3) is 0.381. The second kappa shape index (κ2) is 10.3. The number of carbonyl (C=O) groups excluding carboxylic acids is 1. The number of benzene rings is 1. The smallest absolute Gasteiger partial charge is 0.353 e. The van der Waals surface area contributed by atoms with Gasteiger partial charge in [0.2, 0.25) is 11.6 Å². The third-order valence-electron chi connectivity index (χ3n) is 4.79. The number of aromatic nitrogens is 2. The van der Waals surface area contributed by atoms with Crippen LogP contribution in [0.25, 0.3) is 0 Å². The Hall–Kier alpha value is -3.49. The van der Waals surface area contributed by atoms with E-state index < -0.39 is 10.9 Å². The van der Waals surface area contributed by atoms with E-state index in [-0.39, 0.29) is 17.3 Å². The van der Waals surface area contributed by atoms with Crippen molar-refractivity contribution >= 4 is 29.0 Å². The van der Waals surface area contributed by atoms with E-state index in [2.05, 4.69) is 26.7 Å². The summed E-state index contributed by atoms with van der Waals surface area (Å²) in [4.78, 5) is 31.0. The highest BCUT2D eigenvalue weighted by Crippen LogP contribution is 2.31. The van der Waals surface area contributed by atoms with Gasteiger partial charge in [0.15, 0.2) is 0 Å². The summed E-state index contributed by atoms with van der Waals surface area (Å²) in [6.07, 6.45) is 8.98. The number of nitrogens with one attached hydrogen (secondary N) is 2. The number of esters is 1. The van der Waals surface area contributed by atoms with Gasteiger partial charge in [-0.25, -0.2) is 14.8 Å². The lowest BCUT2D eigenvalue weighted by Crippen LogP contribution is -2.10. The molecule has 0 radical (unpaired) electrons. The van der Waals surface area contributed by atoms with Crippen molar-refractivity contribution in [1.29, 1.82) is 0 Å². The molecule has 0 atom stereocenters. The van der Waals surface area contributed by atoms with Crippen molar-refractivity contribution in [3.8, 4) is 0 Å². The third kappa shape index (κ3) is 5.53. The third-order valence-corrected chi connectivity index (χ3v) is 4.79. The Labute approximate surface area is 174 Å². The van der Waals surface area contributed by atoms with Gasteiger partial charge in [-0.15, -0.1) is 0 Å². The first-order valence-electron chi connectivity index (χ1n) is 10.0. The van der Waals surface area contributed by atoms with E-state index in [0.29, 0.717) is 24.4 Å². The molecule has 1 aromatic carbocycles. The summed E-state index contributed by atoms with van der Waals surface area (Å²) < 4.78 is 4.95. The number of allylic oxidation sites excluding steroid dienone is 1. The highest BCUT2D eigenvalue weighted by molar-refractivity contribution is 5.90. The molecule has 1 heterocycles. The fourth-order valence-electron chi connectivity index (χ4n) is 3.29.